The van der Waals surface area contributed by atoms with Crippen LogP contribution in [0.2, 0.25) is 0 Å². The molecule has 0 atom stereocenters. The van der Waals surface area contributed by atoms with E-state index in [1.807, 2.05) is 24.3 Å². The van der Waals surface area contributed by atoms with Crippen molar-refractivity contribution in [3.05, 3.63) is 67.6 Å². The van der Waals surface area contributed by atoms with E-state index in [2.05, 4.69) is 47.4 Å². The number of H-pyrrole nitrogens is 2. The molecular weight excluding hydrogens is 466 g/mol. The van der Waals surface area contributed by atoms with Crippen LogP contribution in [-0.2, 0) is 4.79 Å². The summed E-state index contributed by atoms with van der Waals surface area (Å²) in [4.78, 5) is 37.7. The molecule has 0 aliphatic rings. The second-order valence-electron chi connectivity index (χ2n) is 8.71. The van der Waals surface area contributed by atoms with Gasteiger partial charge in [0.25, 0.3) is 0 Å². The Bertz CT molecular complexity index is 1720. The number of anilines is 1. The van der Waals surface area contributed by atoms with Gasteiger partial charge in [0.15, 0.2) is 11.5 Å². The zero-order valence-electron chi connectivity index (χ0n) is 20.1. The molecule has 0 aliphatic heterocycles. The molecule has 6 heterocycles. The first-order valence-corrected chi connectivity index (χ1v) is 12.0. The number of hydrogen-bond acceptors (Lipinski definition) is 7. The number of aromatic nitrogens is 8. The number of unbranched alkanes of at least 4 members (excludes halogenated alkanes) is 1. The lowest BCUT2D eigenvalue weighted by Gasteiger charge is -2.07. The Morgan fingerprint density at radius 2 is 1.78 bits per heavy atom. The number of fused-ring (bicyclic) bond motifs is 2. The number of pyridine rings is 4. The van der Waals surface area contributed by atoms with Crippen LogP contribution in [0.25, 0.3) is 55.8 Å². The lowest BCUT2D eigenvalue weighted by Crippen LogP contribution is -2.11. The van der Waals surface area contributed by atoms with E-state index < -0.39 is 0 Å². The number of carbonyl (C=O) groups is 1. The van der Waals surface area contributed by atoms with Gasteiger partial charge < -0.3 is 10.3 Å². The van der Waals surface area contributed by atoms with Crippen LogP contribution >= 0.6 is 0 Å². The summed E-state index contributed by atoms with van der Waals surface area (Å²) in [5, 5.41) is 11.2. The van der Waals surface area contributed by atoms with Gasteiger partial charge in [-0.1, -0.05) is 13.3 Å². The molecule has 0 saturated carbocycles. The van der Waals surface area contributed by atoms with Crippen LogP contribution < -0.4 is 5.32 Å². The van der Waals surface area contributed by atoms with Gasteiger partial charge in [0.05, 0.1) is 34.5 Å². The van der Waals surface area contributed by atoms with Gasteiger partial charge in [0, 0.05) is 54.1 Å². The molecule has 3 N–H and O–H groups in total. The number of amides is 1. The molecule has 10 nitrogen and oxygen atoms in total. The van der Waals surface area contributed by atoms with Crippen molar-refractivity contribution in [3.63, 3.8) is 0 Å². The summed E-state index contributed by atoms with van der Waals surface area (Å²) in [6.07, 6.45) is 14.5. The molecule has 0 unspecified atom stereocenters. The highest BCUT2D eigenvalue weighted by molar-refractivity contribution is 5.97. The second-order valence-corrected chi connectivity index (χ2v) is 8.71. The monoisotopic (exact) mass is 489 g/mol. The highest BCUT2D eigenvalue weighted by Crippen LogP contribution is 2.32. The molecule has 1 amide bonds. The Labute approximate surface area is 211 Å². The van der Waals surface area contributed by atoms with E-state index in [-0.39, 0.29) is 5.91 Å². The molecular formula is C27H23N9O. The molecule has 0 bridgehead atoms. The normalized spacial score (nSPS) is 11.3. The van der Waals surface area contributed by atoms with Gasteiger partial charge in [-0.15, -0.1) is 0 Å². The van der Waals surface area contributed by atoms with Crippen molar-refractivity contribution in [1.82, 2.24) is 40.1 Å². The van der Waals surface area contributed by atoms with Gasteiger partial charge >= 0.3 is 0 Å². The number of nitrogens with zero attached hydrogens (tertiary/aromatic N) is 6. The van der Waals surface area contributed by atoms with E-state index in [9.17, 15) is 4.79 Å². The smallest absolute Gasteiger partial charge is 0.224 e. The third-order valence-electron chi connectivity index (χ3n) is 6.14. The molecule has 6 aromatic rings. The van der Waals surface area contributed by atoms with Gasteiger partial charge in [0.2, 0.25) is 5.91 Å². The second kappa shape index (κ2) is 9.57. The van der Waals surface area contributed by atoms with Crippen molar-refractivity contribution in [2.24, 2.45) is 0 Å². The Hall–Kier alpha value is -4.99. The molecule has 6 aromatic heterocycles. The van der Waals surface area contributed by atoms with E-state index in [0.717, 1.165) is 51.5 Å². The summed E-state index contributed by atoms with van der Waals surface area (Å²) in [5.41, 5.74) is 7.13. The average Bonchev–Trinajstić information content (AvgIpc) is 3.56. The zero-order chi connectivity index (χ0) is 25.2. The molecule has 182 valence electrons. The Kier molecular flexibility index (Phi) is 5.81. The number of nitrogens with one attached hydrogen (secondary N) is 3. The molecule has 0 aliphatic carbocycles. The first kappa shape index (κ1) is 22.5. The Morgan fingerprint density at radius 3 is 2.65 bits per heavy atom. The molecule has 37 heavy (non-hydrogen) atoms. The molecule has 6 rings (SSSR count). The Morgan fingerprint density at radius 1 is 0.946 bits per heavy atom. The third kappa shape index (κ3) is 4.40. The van der Waals surface area contributed by atoms with Crippen LogP contribution in [0.5, 0.6) is 0 Å². The lowest BCUT2D eigenvalue weighted by atomic mass is 10.1. The van der Waals surface area contributed by atoms with Crippen molar-refractivity contribution >= 4 is 33.7 Å². The van der Waals surface area contributed by atoms with E-state index >= 15 is 0 Å². The maximum absolute atomic E-state index is 12.2. The summed E-state index contributed by atoms with van der Waals surface area (Å²) < 4.78 is 0. The average molecular weight is 490 g/mol. The van der Waals surface area contributed by atoms with Crippen molar-refractivity contribution in [3.8, 4) is 33.8 Å². The number of imidazole rings is 1. The zero-order valence-corrected chi connectivity index (χ0v) is 20.1. The van der Waals surface area contributed by atoms with E-state index in [0.29, 0.717) is 29.3 Å². The number of aromatic amines is 2. The van der Waals surface area contributed by atoms with Gasteiger partial charge in [-0.05, 0) is 36.2 Å². The van der Waals surface area contributed by atoms with Crippen molar-refractivity contribution in [2.75, 3.05) is 5.32 Å². The van der Waals surface area contributed by atoms with Gasteiger partial charge in [-0.25, -0.2) is 9.97 Å². The summed E-state index contributed by atoms with van der Waals surface area (Å²) in [5.74, 6) is 0.593. The minimum absolute atomic E-state index is 0.0167. The summed E-state index contributed by atoms with van der Waals surface area (Å²) in [7, 11) is 0. The van der Waals surface area contributed by atoms with E-state index in [4.69, 9.17) is 4.98 Å². The number of hydrogen-bond donors (Lipinski definition) is 3. The molecule has 0 aromatic carbocycles. The van der Waals surface area contributed by atoms with Crippen molar-refractivity contribution < 1.29 is 4.79 Å². The van der Waals surface area contributed by atoms with Crippen LogP contribution in [0.1, 0.15) is 26.2 Å². The molecule has 10 heteroatoms. The van der Waals surface area contributed by atoms with Crippen LogP contribution in [-0.4, -0.2) is 46.0 Å². The maximum Gasteiger partial charge on any atom is 0.224 e. The maximum atomic E-state index is 12.2. The fourth-order valence-electron chi connectivity index (χ4n) is 4.26. The minimum Gasteiger partial charge on any atom is -0.335 e. The molecule has 0 radical (unpaired) electrons. The van der Waals surface area contributed by atoms with E-state index in [1.165, 1.54) is 0 Å². The third-order valence-corrected chi connectivity index (χ3v) is 6.14. The van der Waals surface area contributed by atoms with Crippen LogP contribution in [0.4, 0.5) is 5.69 Å². The topological polar surface area (TPSA) is 138 Å². The predicted octanol–water partition coefficient (Wildman–Crippen LogP) is 5.15. The summed E-state index contributed by atoms with van der Waals surface area (Å²) >= 11 is 0. The fourth-order valence-corrected chi connectivity index (χ4v) is 4.26. The fraction of sp³-hybridized carbons (Fsp3) is 0.148. The standard InChI is InChI=1S/C27H23N9O/c1-2-3-4-23(37)32-19-9-17(11-29-13-19)18-10-20-25(35-36-26(20)31-12-18)27-33-22-15-30-14-21(24(22)34-27)16-5-7-28-8-6-16/h5-15H,2-4H2,1H3,(H,32,37)(H,33,34)(H,31,35,36). The van der Waals surface area contributed by atoms with Crippen molar-refractivity contribution in [1.29, 1.82) is 0 Å². The largest absolute Gasteiger partial charge is 0.335 e. The first-order valence-electron chi connectivity index (χ1n) is 12.0. The van der Waals surface area contributed by atoms with Gasteiger partial charge in [-0.3, -0.25) is 24.8 Å². The SMILES string of the molecule is CCCCC(=O)Nc1cncc(-c2cnc3[nH]nc(-c4nc5c(-c6ccncc6)cncc5[nH]4)c3c2)c1. The summed E-state index contributed by atoms with van der Waals surface area (Å²) in [6, 6.07) is 7.75. The first-order chi connectivity index (χ1) is 18.2. The molecule has 0 fully saturated rings. The van der Waals surface area contributed by atoms with Crippen molar-refractivity contribution in [2.45, 2.75) is 26.2 Å². The number of carbonyl (C=O) groups excluding carboxylic acids is 1. The molecule has 0 spiro atoms. The highest BCUT2D eigenvalue weighted by Gasteiger charge is 2.17. The Balaban J connectivity index is 1.37. The minimum atomic E-state index is -0.0167. The van der Waals surface area contributed by atoms with Crippen LogP contribution in [0, 0.1) is 0 Å². The van der Waals surface area contributed by atoms with Crippen LogP contribution in [0.3, 0.4) is 0 Å². The van der Waals surface area contributed by atoms with Gasteiger partial charge in [0.1, 0.15) is 5.69 Å². The lowest BCUT2D eigenvalue weighted by molar-refractivity contribution is -0.116. The quantitative estimate of drug-likeness (QED) is 0.282. The molecule has 0 saturated heterocycles. The predicted molar refractivity (Wildman–Crippen MR) is 141 cm³/mol. The number of rotatable bonds is 7. The van der Waals surface area contributed by atoms with Gasteiger partial charge in [-0.2, -0.15) is 5.10 Å². The van der Waals surface area contributed by atoms with E-state index in [1.54, 1.807) is 43.4 Å². The van der Waals surface area contributed by atoms with Crippen LogP contribution in [0.15, 0.2) is 67.6 Å². The highest BCUT2D eigenvalue weighted by atomic mass is 16.1. The summed E-state index contributed by atoms with van der Waals surface area (Å²) in [6.45, 7) is 2.06.